The van der Waals surface area contributed by atoms with Crippen LogP contribution in [0.5, 0.6) is 0 Å². The van der Waals surface area contributed by atoms with Crippen molar-refractivity contribution in [3.8, 4) is 0 Å². The zero-order valence-corrected chi connectivity index (χ0v) is 10.5. The molecule has 0 aromatic carbocycles. The largest absolute Gasteiger partial charge is 0.341 e. The lowest BCUT2D eigenvalue weighted by atomic mass is 10.1. The maximum Gasteiger partial charge on any atom is 0.239 e. The Morgan fingerprint density at radius 1 is 1.25 bits per heavy atom. The highest BCUT2D eigenvalue weighted by Gasteiger charge is 2.34. The molecule has 1 amide bonds. The summed E-state index contributed by atoms with van der Waals surface area (Å²) in [4.78, 5) is 14.3. The molecule has 2 atom stereocenters. The maximum atomic E-state index is 12.3. The summed E-state index contributed by atoms with van der Waals surface area (Å²) in [5.74, 6) is 1.07. The Morgan fingerprint density at radius 2 is 2.00 bits per heavy atom. The van der Waals surface area contributed by atoms with Crippen molar-refractivity contribution in [2.45, 2.75) is 57.5 Å². The Bertz CT molecular complexity index is 238. The first kappa shape index (κ1) is 11.9. The van der Waals surface area contributed by atoms with E-state index >= 15 is 0 Å². The molecule has 0 aromatic heterocycles. The van der Waals surface area contributed by atoms with Crippen molar-refractivity contribution in [3.05, 3.63) is 0 Å². The topological polar surface area (TPSA) is 32.3 Å². The lowest BCUT2D eigenvalue weighted by Gasteiger charge is -2.29. The van der Waals surface area contributed by atoms with Crippen LogP contribution in [-0.2, 0) is 4.79 Å². The van der Waals surface area contributed by atoms with E-state index in [1.165, 1.54) is 32.1 Å². The molecule has 1 saturated heterocycles. The lowest BCUT2D eigenvalue weighted by molar-refractivity contribution is -0.134. The summed E-state index contributed by atoms with van der Waals surface area (Å²) in [6, 6.07) is 0.506. The molecule has 92 valence electrons. The van der Waals surface area contributed by atoms with Crippen molar-refractivity contribution in [3.63, 3.8) is 0 Å². The van der Waals surface area contributed by atoms with E-state index in [1.807, 2.05) is 11.9 Å². The third-order valence-corrected chi connectivity index (χ3v) is 4.12. The van der Waals surface area contributed by atoms with Crippen LogP contribution in [0.2, 0.25) is 0 Å². The van der Waals surface area contributed by atoms with E-state index < -0.39 is 0 Å². The fourth-order valence-electron chi connectivity index (χ4n) is 2.58. The number of nitrogens with zero attached hydrogens (tertiary/aromatic N) is 1. The summed E-state index contributed by atoms with van der Waals surface area (Å²) < 4.78 is 0. The third kappa shape index (κ3) is 2.76. The second-order valence-corrected chi connectivity index (χ2v) is 5.38. The number of hydrogen-bond acceptors (Lipinski definition) is 2. The maximum absolute atomic E-state index is 12.3. The van der Waals surface area contributed by atoms with Gasteiger partial charge in [-0.05, 0) is 45.1 Å². The highest BCUT2D eigenvalue weighted by atomic mass is 16.2. The summed E-state index contributed by atoms with van der Waals surface area (Å²) in [7, 11) is 1.97. The van der Waals surface area contributed by atoms with Gasteiger partial charge in [0.05, 0.1) is 6.04 Å². The van der Waals surface area contributed by atoms with Gasteiger partial charge in [-0.25, -0.2) is 0 Å². The van der Waals surface area contributed by atoms with Gasteiger partial charge in [0.2, 0.25) is 5.91 Å². The Balaban J connectivity index is 1.88. The Morgan fingerprint density at radius 3 is 2.69 bits per heavy atom. The van der Waals surface area contributed by atoms with Crippen LogP contribution in [0, 0.1) is 5.92 Å². The van der Waals surface area contributed by atoms with Crippen LogP contribution in [-0.4, -0.2) is 36.5 Å². The van der Waals surface area contributed by atoms with E-state index in [-0.39, 0.29) is 6.04 Å². The first-order chi connectivity index (χ1) is 7.70. The standard InChI is InChI=1S/C13H24N2O/c1-10(11-7-8-11)15(2)13(16)12-6-4-3-5-9-14-12/h10-12,14H,3-9H2,1-2H3. The second-order valence-electron chi connectivity index (χ2n) is 5.38. The number of nitrogens with one attached hydrogen (secondary N) is 1. The average Bonchev–Trinajstić information content (AvgIpc) is 3.11. The predicted octanol–water partition coefficient (Wildman–Crippen LogP) is 1.78. The van der Waals surface area contributed by atoms with Gasteiger partial charge in [-0.15, -0.1) is 0 Å². The van der Waals surface area contributed by atoms with Gasteiger partial charge in [0, 0.05) is 13.1 Å². The molecule has 0 bridgehead atoms. The Hall–Kier alpha value is -0.570. The lowest BCUT2D eigenvalue weighted by Crippen LogP contribution is -2.48. The molecule has 1 heterocycles. The molecule has 16 heavy (non-hydrogen) atoms. The van der Waals surface area contributed by atoms with Gasteiger partial charge >= 0.3 is 0 Å². The zero-order chi connectivity index (χ0) is 11.5. The summed E-state index contributed by atoms with van der Waals surface area (Å²) in [6.45, 7) is 3.19. The number of likely N-dealkylation sites (N-methyl/N-ethyl adjacent to an activating group) is 1. The minimum atomic E-state index is 0.0775. The summed E-state index contributed by atoms with van der Waals surface area (Å²) in [6.07, 6.45) is 7.29. The SMILES string of the molecule is CC(C1CC1)N(C)C(=O)C1CCCCCN1. The van der Waals surface area contributed by atoms with Gasteiger partial charge in [-0.1, -0.05) is 12.8 Å². The minimum Gasteiger partial charge on any atom is -0.341 e. The first-order valence-electron chi connectivity index (χ1n) is 6.70. The van der Waals surface area contributed by atoms with Crippen molar-refractivity contribution in [1.82, 2.24) is 10.2 Å². The fourth-order valence-corrected chi connectivity index (χ4v) is 2.58. The van der Waals surface area contributed by atoms with Gasteiger partial charge in [0.25, 0.3) is 0 Å². The van der Waals surface area contributed by atoms with Crippen molar-refractivity contribution in [1.29, 1.82) is 0 Å². The Labute approximate surface area is 98.6 Å². The molecular formula is C13H24N2O. The van der Waals surface area contributed by atoms with Crippen LogP contribution >= 0.6 is 0 Å². The number of rotatable bonds is 3. The number of carbonyl (C=O) groups excluding carboxylic acids is 1. The van der Waals surface area contributed by atoms with E-state index in [4.69, 9.17) is 0 Å². The van der Waals surface area contributed by atoms with Crippen molar-refractivity contribution in [2.24, 2.45) is 5.92 Å². The van der Waals surface area contributed by atoms with Gasteiger partial charge < -0.3 is 10.2 Å². The molecule has 1 aliphatic carbocycles. The van der Waals surface area contributed by atoms with Crippen molar-refractivity contribution < 1.29 is 4.79 Å². The Kier molecular flexibility index (Phi) is 3.85. The molecular weight excluding hydrogens is 200 g/mol. The molecule has 3 nitrogen and oxygen atoms in total. The average molecular weight is 224 g/mol. The summed E-state index contributed by atoms with van der Waals surface area (Å²) in [5.41, 5.74) is 0. The van der Waals surface area contributed by atoms with Crippen molar-refractivity contribution in [2.75, 3.05) is 13.6 Å². The molecule has 2 unspecified atom stereocenters. The highest BCUT2D eigenvalue weighted by Crippen LogP contribution is 2.34. The molecule has 2 aliphatic rings. The smallest absolute Gasteiger partial charge is 0.239 e. The van der Waals surface area contributed by atoms with Crippen LogP contribution in [0.4, 0.5) is 0 Å². The zero-order valence-electron chi connectivity index (χ0n) is 10.5. The van der Waals surface area contributed by atoms with Crippen LogP contribution in [0.25, 0.3) is 0 Å². The van der Waals surface area contributed by atoms with Crippen LogP contribution in [0.15, 0.2) is 0 Å². The quantitative estimate of drug-likeness (QED) is 0.792. The van der Waals surface area contributed by atoms with Crippen LogP contribution < -0.4 is 5.32 Å². The van der Waals surface area contributed by atoms with Gasteiger partial charge in [-0.3, -0.25) is 4.79 Å². The first-order valence-corrected chi connectivity index (χ1v) is 6.70. The van der Waals surface area contributed by atoms with Crippen LogP contribution in [0.3, 0.4) is 0 Å². The number of amides is 1. The van der Waals surface area contributed by atoms with E-state index in [0.29, 0.717) is 11.9 Å². The molecule has 0 aromatic rings. The monoisotopic (exact) mass is 224 g/mol. The normalized spacial score (nSPS) is 28.2. The molecule has 3 heteroatoms. The number of hydrogen-bond donors (Lipinski definition) is 1. The molecule has 0 spiro atoms. The molecule has 1 N–H and O–H groups in total. The van der Waals surface area contributed by atoms with Crippen LogP contribution in [0.1, 0.15) is 45.4 Å². The molecule has 1 saturated carbocycles. The molecule has 1 aliphatic heterocycles. The van der Waals surface area contributed by atoms with Gasteiger partial charge in [0.1, 0.15) is 0 Å². The summed E-state index contributed by atoms with van der Waals surface area (Å²) in [5, 5.41) is 3.39. The highest BCUT2D eigenvalue weighted by molar-refractivity contribution is 5.82. The van der Waals surface area contributed by atoms with Gasteiger partial charge in [-0.2, -0.15) is 0 Å². The van der Waals surface area contributed by atoms with E-state index in [1.54, 1.807) is 0 Å². The molecule has 0 radical (unpaired) electrons. The summed E-state index contributed by atoms with van der Waals surface area (Å²) >= 11 is 0. The van der Waals surface area contributed by atoms with Crippen molar-refractivity contribution >= 4 is 5.91 Å². The predicted molar refractivity (Wildman–Crippen MR) is 65.2 cm³/mol. The van der Waals surface area contributed by atoms with E-state index in [2.05, 4.69) is 12.2 Å². The van der Waals surface area contributed by atoms with E-state index in [9.17, 15) is 4.79 Å². The van der Waals surface area contributed by atoms with E-state index in [0.717, 1.165) is 18.9 Å². The second kappa shape index (κ2) is 5.17. The molecule has 2 fully saturated rings. The minimum absolute atomic E-state index is 0.0775. The fraction of sp³-hybridized carbons (Fsp3) is 0.923. The van der Waals surface area contributed by atoms with Gasteiger partial charge in [0.15, 0.2) is 0 Å². The molecule has 2 rings (SSSR count). The number of carbonyl (C=O) groups is 1. The third-order valence-electron chi connectivity index (χ3n) is 4.12.